The third-order valence-electron chi connectivity index (χ3n) is 2.70. The fraction of sp³-hybridized carbons (Fsp3) is 0.467. The van der Waals surface area contributed by atoms with Crippen LogP contribution in [-0.4, -0.2) is 22.7 Å². The minimum atomic E-state index is -1.06. The Kier molecular flexibility index (Phi) is 7.08. The number of carbonyl (C=O) groups is 2. The van der Waals surface area contributed by atoms with Gasteiger partial charge < -0.3 is 4.74 Å². The van der Waals surface area contributed by atoms with Crippen LogP contribution in [0.3, 0.4) is 0 Å². The first-order chi connectivity index (χ1) is 11.1. The second-order valence-corrected chi connectivity index (χ2v) is 7.46. The van der Waals surface area contributed by atoms with E-state index in [1.165, 1.54) is 6.07 Å². The maximum atomic E-state index is 13.8. The van der Waals surface area contributed by atoms with Gasteiger partial charge in [0, 0.05) is 9.81 Å². The lowest BCUT2D eigenvalue weighted by atomic mass is 10.2. The summed E-state index contributed by atoms with van der Waals surface area (Å²) >= 11 is 7.06. The molecule has 1 aromatic rings. The van der Waals surface area contributed by atoms with Gasteiger partial charge in [-0.3, -0.25) is 9.59 Å². The Morgan fingerprint density at radius 1 is 1.46 bits per heavy atom. The zero-order valence-electron chi connectivity index (χ0n) is 13.7. The van der Waals surface area contributed by atoms with Gasteiger partial charge in [0.2, 0.25) is 0 Å². The summed E-state index contributed by atoms with van der Waals surface area (Å²) in [5.41, 5.74) is 7.26. The van der Waals surface area contributed by atoms with Gasteiger partial charge in [-0.2, -0.15) is 0 Å². The predicted molar refractivity (Wildman–Crippen MR) is 90.7 cm³/mol. The molecule has 0 aliphatic rings. The molecule has 1 rings (SSSR count). The lowest BCUT2D eigenvalue weighted by molar-refractivity contribution is -0.154. The van der Waals surface area contributed by atoms with Crippen LogP contribution < -0.4 is 0 Å². The van der Waals surface area contributed by atoms with Crippen molar-refractivity contribution in [3.63, 3.8) is 0 Å². The van der Waals surface area contributed by atoms with Crippen molar-refractivity contribution >= 4 is 35.2 Å². The minimum absolute atomic E-state index is 0.0528. The summed E-state index contributed by atoms with van der Waals surface area (Å²) < 4.78 is 19.1. The van der Waals surface area contributed by atoms with Crippen LogP contribution in [0.2, 0.25) is 5.02 Å². The summed E-state index contributed by atoms with van der Waals surface area (Å²) in [4.78, 5) is 26.5. The Morgan fingerprint density at radius 2 is 2.08 bits per heavy atom. The van der Waals surface area contributed by atoms with E-state index in [0.29, 0.717) is 11.3 Å². The van der Waals surface area contributed by atoms with Gasteiger partial charge in [-0.1, -0.05) is 18.5 Å². The van der Waals surface area contributed by atoms with Crippen LogP contribution in [0.1, 0.15) is 44.5 Å². The van der Waals surface area contributed by atoms with E-state index >= 15 is 0 Å². The first-order valence-corrected chi connectivity index (χ1v) is 8.32. The molecule has 0 radical (unpaired) electrons. The quantitative estimate of drug-likeness (QED) is 0.235. The monoisotopic (exact) mass is 373 g/mol. The number of nitrogens with zero attached hydrogens (tertiary/aromatic N) is 3. The van der Waals surface area contributed by atoms with Gasteiger partial charge in [0.15, 0.2) is 0 Å². The van der Waals surface area contributed by atoms with Gasteiger partial charge in [-0.25, -0.2) is 4.39 Å². The summed E-state index contributed by atoms with van der Waals surface area (Å²) in [6, 6.07) is 2.12. The van der Waals surface area contributed by atoms with Crippen molar-refractivity contribution in [3.05, 3.63) is 39.0 Å². The predicted octanol–water partition coefficient (Wildman–Crippen LogP) is 5.14. The molecule has 0 fully saturated rings. The number of hydrogen-bond donors (Lipinski definition) is 0. The number of carbonyl (C=O) groups excluding carboxylic acids is 2. The molecule has 0 saturated carbocycles. The standard InChI is InChI=1S/C15H17ClFN3O3S/c1-5-11(14(22)23-15(2,3)4)24-12-6-8(13(21)19-20-18)10(17)7-9(12)16/h6-7,11H,5H2,1-4H3. The normalized spacial score (nSPS) is 12.2. The Labute approximate surface area is 148 Å². The fourth-order valence-electron chi connectivity index (χ4n) is 1.70. The molecule has 24 heavy (non-hydrogen) atoms. The highest BCUT2D eigenvalue weighted by Crippen LogP contribution is 2.35. The van der Waals surface area contributed by atoms with Gasteiger partial charge in [-0.15, -0.1) is 11.8 Å². The van der Waals surface area contributed by atoms with Crippen LogP contribution in [0.5, 0.6) is 0 Å². The molecule has 6 nitrogen and oxygen atoms in total. The maximum Gasteiger partial charge on any atom is 0.319 e. The lowest BCUT2D eigenvalue weighted by Gasteiger charge is -2.23. The van der Waals surface area contributed by atoms with E-state index in [-0.39, 0.29) is 5.02 Å². The van der Waals surface area contributed by atoms with Crippen molar-refractivity contribution in [3.8, 4) is 0 Å². The second kappa shape index (κ2) is 8.37. The molecule has 0 bridgehead atoms. The SMILES string of the molecule is CCC(Sc1cc(C(=O)N=[N+]=[N-])c(F)cc1Cl)C(=O)OC(C)(C)C. The number of ether oxygens (including phenoxy) is 1. The van der Waals surface area contributed by atoms with Crippen LogP contribution >= 0.6 is 23.4 Å². The van der Waals surface area contributed by atoms with Gasteiger partial charge in [0.05, 0.1) is 10.6 Å². The largest absolute Gasteiger partial charge is 0.459 e. The van der Waals surface area contributed by atoms with E-state index < -0.39 is 34.1 Å². The fourth-order valence-corrected chi connectivity index (χ4v) is 2.96. The van der Waals surface area contributed by atoms with Crippen LogP contribution in [0.4, 0.5) is 4.39 Å². The highest BCUT2D eigenvalue weighted by Gasteiger charge is 2.26. The van der Waals surface area contributed by atoms with E-state index in [1.807, 2.05) is 0 Å². The van der Waals surface area contributed by atoms with Crippen molar-refractivity contribution in [2.24, 2.45) is 5.11 Å². The van der Waals surface area contributed by atoms with Gasteiger partial charge >= 0.3 is 5.97 Å². The first-order valence-electron chi connectivity index (χ1n) is 7.07. The zero-order valence-corrected chi connectivity index (χ0v) is 15.2. The van der Waals surface area contributed by atoms with Crippen LogP contribution in [0.25, 0.3) is 10.4 Å². The third kappa shape index (κ3) is 5.70. The highest BCUT2D eigenvalue weighted by molar-refractivity contribution is 8.00. The number of azide groups is 1. The smallest absolute Gasteiger partial charge is 0.319 e. The summed E-state index contributed by atoms with van der Waals surface area (Å²) in [6.45, 7) is 7.06. The molecule has 1 unspecified atom stereocenters. The van der Waals surface area contributed by atoms with E-state index in [4.69, 9.17) is 21.9 Å². The summed E-state index contributed by atoms with van der Waals surface area (Å²) in [5, 5.41) is 2.35. The number of amides is 1. The average molecular weight is 374 g/mol. The Hall–Kier alpha value is -1.76. The number of hydrogen-bond acceptors (Lipinski definition) is 4. The molecule has 9 heteroatoms. The van der Waals surface area contributed by atoms with Crippen molar-refractivity contribution in [2.75, 3.05) is 0 Å². The van der Waals surface area contributed by atoms with Crippen molar-refractivity contribution in [1.29, 1.82) is 0 Å². The summed E-state index contributed by atoms with van der Waals surface area (Å²) in [5.74, 6) is -2.38. The van der Waals surface area contributed by atoms with Crippen molar-refractivity contribution in [2.45, 2.75) is 49.9 Å². The molecule has 0 saturated heterocycles. The van der Waals surface area contributed by atoms with Crippen LogP contribution in [-0.2, 0) is 9.53 Å². The summed E-state index contributed by atoms with van der Waals surface area (Å²) in [6.07, 6.45) is 0.451. The molecular formula is C15H17ClFN3O3S. The Morgan fingerprint density at radius 3 is 2.58 bits per heavy atom. The molecule has 0 aromatic heterocycles. The highest BCUT2D eigenvalue weighted by atomic mass is 35.5. The summed E-state index contributed by atoms with van der Waals surface area (Å²) in [7, 11) is 0. The van der Waals surface area contributed by atoms with Gasteiger partial charge in [0.1, 0.15) is 16.7 Å². The van der Waals surface area contributed by atoms with Gasteiger partial charge in [-0.05, 0) is 50.0 Å². The van der Waals surface area contributed by atoms with Crippen LogP contribution in [0.15, 0.2) is 22.1 Å². The van der Waals surface area contributed by atoms with E-state index in [2.05, 4.69) is 10.0 Å². The molecule has 0 spiro atoms. The first kappa shape index (κ1) is 20.3. The molecule has 0 aliphatic carbocycles. The average Bonchev–Trinajstić information content (AvgIpc) is 2.44. The number of esters is 1. The molecule has 130 valence electrons. The van der Waals surface area contributed by atoms with Crippen molar-refractivity contribution in [1.82, 2.24) is 0 Å². The Bertz CT molecular complexity index is 700. The number of thioether (sulfide) groups is 1. The number of benzene rings is 1. The lowest BCUT2D eigenvalue weighted by Crippen LogP contribution is -2.30. The molecule has 0 N–H and O–H groups in total. The molecule has 1 amide bonds. The van der Waals surface area contributed by atoms with Gasteiger partial charge in [0.25, 0.3) is 5.91 Å². The third-order valence-corrected chi connectivity index (χ3v) is 4.52. The molecular weight excluding hydrogens is 357 g/mol. The minimum Gasteiger partial charge on any atom is -0.459 e. The molecule has 0 aliphatic heterocycles. The molecule has 1 atom stereocenters. The van der Waals surface area contributed by atoms with Crippen LogP contribution in [0, 0.1) is 5.82 Å². The molecule has 1 aromatic carbocycles. The van der Waals surface area contributed by atoms with Crippen molar-refractivity contribution < 1.29 is 18.7 Å². The van der Waals surface area contributed by atoms with E-state index in [0.717, 1.165) is 17.8 Å². The zero-order chi connectivity index (χ0) is 18.5. The van der Waals surface area contributed by atoms with E-state index in [9.17, 15) is 14.0 Å². The topological polar surface area (TPSA) is 92.1 Å². The van der Waals surface area contributed by atoms with E-state index in [1.54, 1.807) is 27.7 Å². The molecule has 0 heterocycles. The Balaban J connectivity index is 3.12. The second-order valence-electron chi connectivity index (χ2n) is 5.81. The maximum absolute atomic E-state index is 13.8. The number of rotatable bonds is 5. The number of halogens is 2.